The van der Waals surface area contributed by atoms with Crippen molar-refractivity contribution in [2.75, 3.05) is 26.7 Å². The van der Waals surface area contributed by atoms with E-state index in [2.05, 4.69) is 28.2 Å². The number of piperidine rings is 1. The van der Waals surface area contributed by atoms with E-state index in [1.165, 1.54) is 5.56 Å². The lowest BCUT2D eigenvalue weighted by molar-refractivity contribution is -0.0393. The zero-order valence-electron chi connectivity index (χ0n) is 16.9. The molecule has 2 aromatic rings. The largest absolute Gasteiger partial charge is 0.373 e. The SMILES string of the molecule is Cc1noc(C)c1C(=O)N1CCC2(CC1)C[C@H](N(C)Cc1cccnc1)CO2. The van der Waals surface area contributed by atoms with Crippen LogP contribution in [-0.4, -0.2) is 64.2 Å². The molecule has 7 nitrogen and oxygen atoms in total. The van der Waals surface area contributed by atoms with Crippen LogP contribution in [0.15, 0.2) is 29.0 Å². The predicted molar refractivity (Wildman–Crippen MR) is 104 cm³/mol. The van der Waals surface area contributed by atoms with Crippen LogP contribution >= 0.6 is 0 Å². The van der Waals surface area contributed by atoms with Crippen LogP contribution in [0.25, 0.3) is 0 Å². The van der Waals surface area contributed by atoms with Gasteiger partial charge in [-0.15, -0.1) is 0 Å². The Morgan fingerprint density at radius 1 is 1.36 bits per heavy atom. The molecule has 2 aromatic heterocycles. The molecule has 2 aliphatic rings. The Kier molecular flexibility index (Phi) is 5.21. The van der Waals surface area contributed by atoms with E-state index in [0.29, 0.717) is 36.1 Å². The summed E-state index contributed by atoms with van der Waals surface area (Å²) >= 11 is 0. The number of aryl methyl sites for hydroxylation is 2. The highest BCUT2D eigenvalue weighted by Crippen LogP contribution is 2.38. The Morgan fingerprint density at radius 2 is 2.14 bits per heavy atom. The van der Waals surface area contributed by atoms with E-state index in [1.807, 2.05) is 24.1 Å². The fourth-order valence-electron chi connectivity index (χ4n) is 4.42. The van der Waals surface area contributed by atoms with Crippen LogP contribution in [0.3, 0.4) is 0 Å². The Hall–Kier alpha value is -2.25. The third kappa shape index (κ3) is 3.69. The highest BCUT2D eigenvalue weighted by atomic mass is 16.5. The number of hydrogen-bond acceptors (Lipinski definition) is 6. The number of amides is 1. The number of carbonyl (C=O) groups excluding carboxylic acids is 1. The highest BCUT2D eigenvalue weighted by Gasteiger charge is 2.44. The van der Waals surface area contributed by atoms with Crippen LogP contribution in [0.2, 0.25) is 0 Å². The lowest BCUT2D eigenvalue weighted by atomic mass is 9.87. The number of likely N-dealkylation sites (tertiary alicyclic amines) is 1. The summed E-state index contributed by atoms with van der Waals surface area (Å²) in [5.74, 6) is 0.617. The summed E-state index contributed by atoms with van der Waals surface area (Å²) < 4.78 is 11.5. The van der Waals surface area contributed by atoms with Gasteiger partial charge in [-0.3, -0.25) is 14.7 Å². The molecule has 7 heteroatoms. The van der Waals surface area contributed by atoms with Crippen molar-refractivity contribution in [3.63, 3.8) is 0 Å². The van der Waals surface area contributed by atoms with Gasteiger partial charge in [0.25, 0.3) is 5.91 Å². The molecule has 0 saturated carbocycles. The van der Waals surface area contributed by atoms with E-state index in [4.69, 9.17) is 9.26 Å². The van der Waals surface area contributed by atoms with Crippen LogP contribution in [-0.2, 0) is 11.3 Å². The summed E-state index contributed by atoms with van der Waals surface area (Å²) in [6.07, 6.45) is 6.48. The first-order valence-corrected chi connectivity index (χ1v) is 9.93. The molecule has 0 aromatic carbocycles. The maximum Gasteiger partial charge on any atom is 0.259 e. The van der Waals surface area contributed by atoms with Gasteiger partial charge in [0, 0.05) is 38.1 Å². The van der Waals surface area contributed by atoms with Crippen molar-refractivity contribution in [2.45, 2.75) is 51.3 Å². The molecule has 0 unspecified atom stereocenters. The number of likely N-dealkylation sites (N-methyl/N-ethyl adjacent to an activating group) is 1. The minimum Gasteiger partial charge on any atom is -0.373 e. The molecule has 2 fully saturated rings. The molecular formula is C21H28N4O3. The molecule has 2 aliphatic heterocycles. The van der Waals surface area contributed by atoms with Crippen molar-refractivity contribution in [1.29, 1.82) is 0 Å². The van der Waals surface area contributed by atoms with Gasteiger partial charge in [-0.25, -0.2) is 0 Å². The Bertz CT molecular complexity index is 808. The molecule has 0 aliphatic carbocycles. The van der Waals surface area contributed by atoms with Gasteiger partial charge >= 0.3 is 0 Å². The van der Waals surface area contributed by atoms with Crippen molar-refractivity contribution in [3.8, 4) is 0 Å². The minimum atomic E-state index is -0.108. The second-order valence-electron chi connectivity index (χ2n) is 8.12. The van der Waals surface area contributed by atoms with Gasteiger partial charge in [0.1, 0.15) is 11.3 Å². The van der Waals surface area contributed by atoms with Gasteiger partial charge in [0.15, 0.2) is 0 Å². The zero-order valence-corrected chi connectivity index (χ0v) is 16.9. The molecule has 4 rings (SSSR count). The van der Waals surface area contributed by atoms with Crippen molar-refractivity contribution in [3.05, 3.63) is 47.1 Å². The van der Waals surface area contributed by atoms with Crippen molar-refractivity contribution < 1.29 is 14.1 Å². The fraction of sp³-hybridized carbons (Fsp3) is 0.571. The first kappa shape index (κ1) is 19.1. The number of aromatic nitrogens is 2. The molecule has 1 amide bonds. The van der Waals surface area contributed by atoms with Gasteiger partial charge in [-0.1, -0.05) is 11.2 Å². The number of hydrogen-bond donors (Lipinski definition) is 0. The Balaban J connectivity index is 1.34. The van der Waals surface area contributed by atoms with E-state index in [9.17, 15) is 4.79 Å². The quantitative estimate of drug-likeness (QED) is 0.807. The molecule has 0 radical (unpaired) electrons. The number of carbonyl (C=O) groups is 1. The summed E-state index contributed by atoms with van der Waals surface area (Å²) in [7, 11) is 2.15. The normalized spacial score (nSPS) is 21.6. The lowest BCUT2D eigenvalue weighted by Gasteiger charge is -2.39. The van der Waals surface area contributed by atoms with Crippen molar-refractivity contribution in [2.24, 2.45) is 0 Å². The zero-order chi connectivity index (χ0) is 19.7. The average molecular weight is 384 g/mol. The molecule has 1 atom stereocenters. The maximum atomic E-state index is 12.9. The summed E-state index contributed by atoms with van der Waals surface area (Å²) in [5.41, 5.74) is 2.38. The summed E-state index contributed by atoms with van der Waals surface area (Å²) in [6.45, 7) is 6.65. The summed E-state index contributed by atoms with van der Waals surface area (Å²) in [6, 6.07) is 4.47. The van der Waals surface area contributed by atoms with E-state index in [0.717, 1.165) is 32.4 Å². The third-order valence-corrected chi connectivity index (χ3v) is 6.18. The molecule has 4 heterocycles. The van der Waals surface area contributed by atoms with E-state index in [1.54, 1.807) is 13.1 Å². The average Bonchev–Trinajstić information content (AvgIpc) is 3.26. The maximum absolute atomic E-state index is 12.9. The smallest absolute Gasteiger partial charge is 0.259 e. The highest BCUT2D eigenvalue weighted by molar-refractivity contribution is 5.96. The topological polar surface area (TPSA) is 71.7 Å². The lowest BCUT2D eigenvalue weighted by Crippen LogP contribution is -2.47. The number of rotatable bonds is 4. The molecule has 150 valence electrons. The number of ether oxygens (including phenoxy) is 1. The molecule has 0 bridgehead atoms. The van der Waals surface area contributed by atoms with Crippen molar-refractivity contribution in [1.82, 2.24) is 19.9 Å². The predicted octanol–water partition coefficient (Wildman–Crippen LogP) is 2.58. The number of pyridine rings is 1. The van der Waals surface area contributed by atoms with Gasteiger partial charge in [0.05, 0.1) is 17.9 Å². The van der Waals surface area contributed by atoms with Gasteiger partial charge < -0.3 is 14.2 Å². The van der Waals surface area contributed by atoms with E-state index >= 15 is 0 Å². The first-order valence-electron chi connectivity index (χ1n) is 9.93. The molecule has 0 N–H and O–H groups in total. The molecule has 1 spiro atoms. The van der Waals surface area contributed by atoms with Crippen molar-refractivity contribution >= 4 is 5.91 Å². The second kappa shape index (κ2) is 7.64. The summed E-state index contributed by atoms with van der Waals surface area (Å²) in [5, 5.41) is 3.91. The standard InChI is InChI=1S/C21H28N4O3/c1-15-19(16(2)28-23-15)20(26)25-9-6-21(7-10-25)11-18(14-27-21)24(3)13-17-5-4-8-22-12-17/h4-5,8,12,18H,6-7,9-11,13-14H2,1-3H3/t18-/m0/s1. The van der Waals surface area contributed by atoms with Gasteiger partial charge in [0.2, 0.25) is 0 Å². The third-order valence-electron chi connectivity index (χ3n) is 6.18. The second-order valence-corrected chi connectivity index (χ2v) is 8.12. The minimum absolute atomic E-state index is 0.0225. The van der Waals surface area contributed by atoms with E-state index < -0.39 is 0 Å². The molecule has 2 saturated heterocycles. The van der Waals surface area contributed by atoms with Crippen LogP contribution in [0.5, 0.6) is 0 Å². The number of nitrogens with zero attached hydrogens (tertiary/aromatic N) is 4. The fourth-order valence-corrected chi connectivity index (χ4v) is 4.42. The van der Waals surface area contributed by atoms with Crippen LogP contribution in [0.4, 0.5) is 0 Å². The molecular weight excluding hydrogens is 356 g/mol. The van der Waals surface area contributed by atoms with Crippen LogP contribution in [0.1, 0.15) is 46.6 Å². The Morgan fingerprint density at radius 3 is 2.79 bits per heavy atom. The monoisotopic (exact) mass is 384 g/mol. The van der Waals surface area contributed by atoms with Gasteiger partial charge in [-0.05, 0) is 51.8 Å². The molecule has 28 heavy (non-hydrogen) atoms. The summed E-state index contributed by atoms with van der Waals surface area (Å²) in [4.78, 5) is 21.3. The van der Waals surface area contributed by atoms with Crippen LogP contribution in [0, 0.1) is 13.8 Å². The first-order chi connectivity index (χ1) is 13.5. The van der Waals surface area contributed by atoms with E-state index in [-0.39, 0.29) is 11.5 Å². The Labute approximate surface area is 165 Å². The van der Waals surface area contributed by atoms with Gasteiger partial charge in [-0.2, -0.15) is 0 Å². The van der Waals surface area contributed by atoms with Crippen LogP contribution < -0.4 is 0 Å².